The highest BCUT2D eigenvalue weighted by Gasteiger charge is 2.29. The quantitative estimate of drug-likeness (QED) is 0.642. The van der Waals surface area contributed by atoms with Gasteiger partial charge in [-0.15, -0.1) is 11.3 Å². The number of hydrogen-bond acceptors (Lipinski definition) is 5. The molecule has 2 heterocycles. The SMILES string of the molecule is O=S(=O)(c1ccccc1)N1CCN(c2nc(-c3ccc(Cl)cc3)cs2)CC1. The fourth-order valence-electron chi connectivity index (χ4n) is 3.02. The highest BCUT2D eigenvalue weighted by atomic mass is 35.5. The minimum atomic E-state index is -3.43. The van der Waals surface area contributed by atoms with E-state index < -0.39 is 10.0 Å². The van der Waals surface area contributed by atoms with Crippen molar-refractivity contribution >= 4 is 38.1 Å². The number of aromatic nitrogens is 1. The summed E-state index contributed by atoms with van der Waals surface area (Å²) in [6.07, 6.45) is 0. The molecule has 0 aliphatic carbocycles. The van der Waals surface area contributed by atoms with E-state index in [-0.39, 0.29) is 0 Å². The van der Waals surface area contributed by atoms with Gasteiger partial charge in [-0.25, -0.2) is 13.4 Å². The first-order chi connectivity index (χ1) is 13.0. The van der Waals surface area contributed by atoms with Gasteiger partial charge < -0.3 is 4.90 Å². The molecule has 1 fully saturated rings. The second-order valence-electron chi connectivity index (χ2n) is 6.23. The molecule has 1 saturated heterocycles. The van der Waals surface area contributed by atoms with Crippen LogP contribution in [0.3, 0.4) is 0 Å². The zero-order valence-electron chi connectivity index (χ0n) is 14.5. The fourth-order valence-corrected chi connectivity index (χ4v) is 5.48. The van der Waals surface area contributed by atoms with Crippen LogP contribution in [0, 0.1) is 0 Å². The predicted molar refractivity (Wildman–Crippen MR) is 110 cm³/mol. The Labute approximate surface area is 167 Å². The topological polar surface area (TPSA) is 53.5 Å². The number of anilines is 1. The molecule has 1 aromatic heterocycles. The van der Waals surface area contributed by atoms with Crippen LogP contribution in [0.1, 0.15) is 0 Å². The van der Waals surface area contributed by atoms with E-state index in [1.54, 1.807) is 39.9 Å². The van der Waals surface area contributed by atoms with Gasteiger partial charge in [0.05, 0.1) is 10.6 Å². The lowest BCUT2D eigenvalue weighted by Crippen LogP contribution is -2.48. The van der Waals surface area contributed by atoms with Gasteiger partial charge in [-0.3, -0.25) is 0 Å². The first kappa shape index (κ1) is 18.4. The standard InChI is InChI=1S/C19H18ClN3O2S2/c20-16-8-6-15(7-9-16)18-14-26-19(21-18)22-10-12-23(13-11-22)27(24,25)17-4-2-1-3-5-17/h1-9,14H,10-13H2. The highest BCUT2D eigenvalue weighted by molar-refractivity contribution is 7.89. The third-order valence-corrected chi connectivity index (χ3v) is 7.59. The molecule has 5 nitrogen and oxygen atoms in total. The summed E-state index contributed by atoms with van der Waals surface area (Å²) in [6, 6.07) is 16.2. The molecule has 0 bridgehead atoms. The molecule has 0 spiro atoms. The smallest absolute Gasteiger partial charge is 0.243 e. The van der Waals surface area contributed by atoms with Crippen molar-refractivity contribution in [2.75, 3.05) is 31.1 Å². The Morgan fingerprint density at radius 2 is 1.59 bits per heavy atom. The molecular weight excluding hydrogens is 402 g/mol. The van der Waals surface area contributed by atoms with E-state index in [2.05, 4.69) is 4.90 Å². The molecule has 0 atom stereocenters. The molecule has 0 amide bonds. The Morgan fingerprint density at radius 3 is 2.26 bits per heavy atom. The van der Waals surface area contributed by atoms with Crippen LogP contribution >= 0.6 is 22.9 Å². The van der Waals surface area contributed by atoms with Crippen molar-refractivity contribution in [3.05, 3.63) is 65.0 Å². The Morgan fingerprint density at radius 1 is 0.926 bits per heavy atom. The minimum Gasteiger partial charge on any atom is -0.345 e. The summed E-state index contributed by atoms with van der Waals surface area (Å²) in [5.41, 5.74) is 1.93. The molecule has 1 aliphatic heterocycles. The van der Waals surface area contributed by atoms with E-state index in [0.29, 0.717) is 36.1 Å². The number of sulfonamides is 1. The van der Waals surface area contributed by atoms with Gasteiger partial charge in [-0.05, 0) is 24.3 Å². The van der Waals surface area contributed by atoms with E-state index in [4.69, 9.17) is 16.6 Å². The summed E-state index contributed by atoms with van der Waals surface area (Å²) in [7, 11) is -3.43. The van der Waals surface area contributed by atoms with E-state index in [9.17, 15) is 8.42 Å². The van der Waals surface area contributed by atoms with Gasteiger partial charge in [-0.2, -0.15) is 4.31 Å². The van der Waals surface area contributed by atoms with Crippen LogP contribution < -0.4 is 4.90 Å². The van der Waals surface area contributed by atoms with Crippen LogP contribution in [0.5, 0.6) is 0 Å². The van der Waals surface area contributed by atoms with E-state index in [1.807, 2.05) is 35.7 Å². The summed E-state index contributed by atoms with van der Waals surface area (Å²) in [6.45, 7) is 2.15. The number of piperazine rings is 1. The molecule has 3 aromatic rings. The maximum atomic E-state index is 12.7. The van der Waals surface area contributed by atoms with Crippen LogP contribution in [0.25, 0.3) is 11.3 Å². The lowest BCUT2D eigenvalue weighted by Gasteiger charge is -2.33. The number of thiazole rings is 1. The molecule has 0 saturated carbocycles. The van der Waals surface area contributed by atoms with Crippen molar-refractivity contribution in [2.24, 2.45) is 0 Å². The van der Waals surface area contributed by atoms with Crippen LogP contribution in [0.4, 0.5) is 5.13 Å². The maximum absolute atomic E-state index is 12.7. The predicted octanol–water partition coefficient (Wildman–Crippen LogP) is 3.97. The number of rotatable bonds is 4. The third kappa shape index (κ3) is 3.87. The normalized spacial score (nSPS) is 15.8. The Bertz CT molecular complexity index is 1010. The molecule has 4 rings (SSSR count). The van der Waals surface area contributed by atoms with Gasteiger partial charge in [0.25, 0.3) is 0 Å². The van der Waals surface area contributed by atoms with Crippen molar-refractivity contribution < 1.29 is 8.42 Å². The van der Waals surface area contributed by atoms with Crippen LogP contribution in [0.2, 0.25) is 5.02 Å². The fraction of sp³-hybridized carbons (Fsp3) is 0.211. The van der Waals surface area contributed by atoms with Gasteiger partial charge in [0.1, 0.15) is 0 Å². The first-order valence-electron chi connectivity index (χ1n) is 8.56. The molecule has 27 heavy (non-hydrogen) atoms. The number of halogens is 1. The Kier molecular flexibility index (Phi) is 5.19. The maximum Gasteiger partial charge on any atom is 0.243 e. The Balaban J connectivity index is 1.45. The van der Waals surface area contributed by atoms with Gasteiger partial charge in [0.2, 0.25) is 10.0 Å². The van der Waals surface area contributed by atoms with Crippen LogP contribution in [-0.2, 0) is 10.0 Å². The van der Waals surface area contributed by atoms with Gasteiger partial charge in [0, 0.05) is 42.1 Å². The molecule has 2 aromatic carbocycles. The summed E-state index contributed by atoms with van der Waals surface area (Å²) in [4.78, 5) is 7.20. The van der Waals surface area contributed by atoms with Gasteiger partial charge >= 0.3 is 0 Å². The number of nitrogens with zero attached hydrogens (tertiary/aromatic N) is 3. The van der Waals surface area contributed by atoms with Crippen molar-refractivity contribution in [2.45, 2.75) is 4.90 Å². The first-order valence-corrected chi connectivity index (χ1v) is 11.3. The van der Waals surface area contributed by atoms with Crippen LogP contribution in [0.15, 0.2) is 64.9 Å². The average Bonchev–Trinajstić information content (AvgIpc) is 3.19. The zero-order valence-corrected chi connectivity index (χ0v) is 16.8. The molecule has 0 N–H and O–H groups in total. The summed E-state index contributed by atoms with van der Waals surface area (Å²) in [5, 5.41) is 3.63. The van der Waals surface area contributed by atoms with Crippen molar-refractivity contribution in [3.8, 4) is 11.3 Å². The van der Waals surface area contributed by atoms with E-state index in [0.717, 1.165) is 16.4 Å². The summed E-state index contributed by atoms with van der Waals surface area (Å²) >= 11 is 7.52. The molecule has 8 heteroatoms. The van der Waals surface area contributed by atoms with Crippen LogP contribution in [-0.4, -0.2) is 43.9 Å². The summed E-state index contributed by atoms with van der Waals surface area (Å²) < 4.78 is 27.0. The van der Waals surface area contributed by atoms with Crippen molar-refractivity contribution in [1.29, 1.82) is 0 Å². The largest absolute Gasteiger partial charge is 0.345 e. The average molecular weight is 420 g/mol. The number of benzene rings is 2. The molecule has 0 unspecified atom stereocenters. The highest BCUT2D eigenvalue weighted by Crippen LogP contribution is 2.29. The zero-order chi connectivity index (χ0) is 18.9. The summed E-state index contributed by atoms with van der Waals surface area (Å²) in [5.74, 6) is 0. The lowest BCUT2D eigenvalue weighted by atomic mass is 10.2. The van der Waals surface area contributed by atoms with Gasteiger partial charge in [0.15, 0.2) is 5.13 Å². The van der Waals surface area contributed by atoms with Gasteiger partial charge in [-0.1, -0.05) is 41.9 Å². The van der Waals surface area contributed by atoms with Crippen molar-refractivity contribution in [1.82, 2.24) is 9.29 Å². The van der Waals surface area contributed by atoms with E-state index in [1.165, 1.54) is 0 Å². The van der Waals surface area contributed by atoms with E-state index >= 15 is 0 Å². The molecule has 0 radical (unpaired) electrons. The monoisotopic (exact) mass is 419 g/mol. The molecule has 1 aliphatic rings. The number of hydrogen-bond donors (Lipinski definition) is 0. The Hall–Kier alpha value is -1.93. The minimum absolute atomic E-state index is 0.345. The third-order valence-electron chi connectivity index (χ3n) is 4.52. The van der Waals surface area contributed by atoms with Crippen molar-refractivity contribution in [3.63, 3.8) is 0 Å². The molecular formula is C19H18ClN3O2S2. The second-order valence-corrected chi connectivity index (χ2v) is 9.44. The molecule has 140 valence electrons. The lowest BCUT2D eigenvalue weighted by molar-refractivity contribution is 0.385. The second kappa shape index (κ2) is 7.59.